The quantitative estimate of drug-likeness (QED) is 0.557. The van der Waals surface area contributed by atoms with E-state index in [9.17, 15) is 4.79 Å². The molecule has 0 saturated carbocycles. The van der Waals surface area contributed by atoms with Gasteiger partial charge in [0, 0.05) is 19.6 Å². The number of amides is 1. The first-order valence-corrected chi connectivity index (χ1v) is 7.52. The molecule has 0 spiro atoms. The van der Waals surface area contributed by atoms with Crippen LogP contribution in [0.5, 0.6) is 5.75 Å². The molecule has 0 atom stereocenters. The minimum Gasteiger partial charge on any atom is -0.491 e. The molecule has 1 amide bonds. The first-order chi connectivity index (χ1) is 10.1. The van der Waals surface area contributed by atoms with Crippen molar-refractivity contribution in [1.29, 1.82) is 0 Å². The maximum Gasteiger partial charge on any atom is 0.236 e. The Morgan fingerprint density at radius 1 is 1.24 bits per heavy atom. The fourth-order valence-corrected chi connectivity index (χ4v) is 2.11. The van der Waals surface area contributed by atoms with Crippen molar-refractivity contribution < 1.29 is 9.53 Å². The van der Waals surface area contributed by atoms with E-state index in [0.717, 1.165) is 31.8 Å². The lowest BCUT2D eigenvalue weighted by atomic mass is 10.3. The van der Waals surface area contributed by atoms with Gasteiger partial charge in [0.2, 0.25) is 5.91 Å². The number of ether oxygens (including phenoxy) is 1. The van der Waals surface area contributed by atoms with Gasteiger partial charge in [-0.05, 0) is 39.4 Å². The van der Waals surface area contributed by atoms with Crippen LogP contribution in [0.15, 0.2) is 24.3 Å². The van der Waals surface area contributed by atoms with E-state index < -0.39 is 0 Å². The van der Waals surface area contributed by atoms with Crippen LogP contribution in [0, 0.1) is 0 Å². The SMILES string of the molecule is CCN(CC)C(=O)CN(C)CCCOc1ccccc1N. The number of carbonyl (C=O) groups is 1. The second-order valence-electron chi connectivity index (χ2n) is 5.04. The van der Waals surface area contributed by atoms with Crippen molar-refractivity contribution >= 4 is 11.6 Å². The Morgan fingerprint density at radius 3 is 2.52 bits per heavy atom. The number of rotatable bonds is 9. The Hall–Kier alpha value is -1.75. The maximum atomic E-state index is 12.0. The van der Waals surface area contributed by atoms with Crippen LogP contribution in [0.25, 0.3) is 0 Å². The van der Waals surface area contributed by atoms with Crippen molar-refractivity contribution in [2.24, 2.45) is 0 Å². The number of benzene rings is 1. The van der Waals surface area contributed by atoms with Crippen LogP contribution < -0.4 is 10.5 Å². The van der Waals surface area contributed by atoms with Crippen molar-refractivity contribution in [3.8, 4) is 5.75 Å². The number of hydrogen-bond donors (Lipinski definition) is 1. The summed E-state index contributed by atoms with van der Waals surface area (Å²) in [6.07, 6.45) is 0.858. The molecule has 118 valence electrons. The molecule has 5 nitrogen and oxygen atoms in total. The van der Waals surface area contributed by atoms with Gasteiger partial charge in [-0.1, -0.05) is 12.1 Å². The zero-order valence-corrected chi connectivity index (χ0v) is 13.3. The Balaban J connectivity index is 2.23. The third kappa shape index (κ3) is 6.04. The van der Waals surface area contributed by atoms with E-state index in [-0.39, 0.29) is 5.91 Å². The lowest BCUT2D eigenvalue weighted by molar-refractivity contribution is -0.131. The van der Waals surface area contributed by atoms with Gasteiger partial charge in [-0.25, -0.2) is 0 Å². The van der Waals surface area contributed by atoms with Gasteiger partial charge < -0.3 is 15.4 Å². The number of anilines is 1. The molecule has 0 heterocycles. The predicted octanol–water partition coefficient (Wildman–Crippen LogP) is 1.84. The Kier molecular flexibility index (Phi) is 7.61. The minimum absolute atomic E-state index is 0.177. The average molecular weight is 293 g/mol. The van der Waals surface area contributed by atoms with E-state index >= 15 is 0 Å². The molecule has 0 saturated heterocycles. The molecule has 5 heteroatoms. The monoisotopic (exact) mass is 293 g/mol. The summed E-state index contributed by atoms with van der Waals surface area (Å²) >= 11 is 0. The molecule has 0 radical (unpaired) electrons. The standard InChI is InChI=1S/C16H27N3O2/c1-4-19(5-2)16(20)13-18(3)11-8-12-21-15-10-7-6-9-14(15)17/h6-7,9-10H,4-5,8,11-13,17H2,1-3H3. The molecule has 1 aromatic rings. The zero-order valence-electron chi connectivity index (χ0n) is 13.3. The highest BCUT2D eigenvalue weighted by Gasteiger charge is 2.11. The van der Waals surface area contributed by atoms with E-state index in [1.54, 1.807) is 0 Å². The summed E-state index contributed by atoms with van der Waals surface area (Å²) in [6.45, 7) is 7.39. The van der Waals surface area contributed by atoms with Crippen molar-refractivity contribution in [3.63, 3.8) is 0 Å². The van der Waals surface area contributed by atoms with Crippen LogP contribution in [-0.4, -0.2) is 55.5 Å². The summed E-state index contributed by atoms with van der Waals surface area (Å²) in [5.41, 5.74) is 6.46. The number of nitrogens with two attached hydrogens (primary N) is 1. The van der Waals surface area contributed by atoms with E-state index in [1.165, 1.54) is 0 Å². The van der Waals surface area contributed by atoms with Crippen LogP contribution in [0.3, 0.4) is 0 Å². The molecule has 21 heavy (non-hydrogen) atoms. The smallest absolute Gasteiger partial charge is 0.236 e. The molecule has 1 aromatic carbocycles. The van der Waals surface area contributed by atoms with Crippen molar-refractivity contribution in [2.75, 3.05) is 45.6 Å². The molecule has 0 bridgehead atoms. The molecular formula is C16H27N3O2. The Labute approximate surface area is 127 Å². The van der Waals surface area contributed by atoms with E-state index in [4.69, 9.17) is 10.5 Å². The fourth-order valence-electron chi connectivity index (χ4n) is 2.11. The molecule has 0 aromatic heterocycles. The van der Waals surface area contributed by atoms with Crippen LogP contribution in [0.1, 0.15) is 20.3 Å². The maximum absolute atomic E-state index is 12.0. The summed E-state index contributed by atoms with van der Waals surface area (Å²) in [4.78, 5) is 15.8. The van der Waals surface area contributed by atoms with Gasteiger partial charge in [0.15, 0.2) is 0 Å². The predicted molar refractivity (Wildman–Crippen MR) is 86.4 cm³/mol. The third-order valence-electron chi connectivity index (χ3n) is 3.38. The summed E-state index contributed by atoms with van der Waals surface area (Å²) in [7, 11) is 1.96. The first kappa shape index (κ1) is 17.3. The zero-order chi connectivity index (χ0) is 15.7. The van der Waals surface area contributed by atoms with E-state index in [2.05, 4.69) is 0 Å². The van der Waals surface area contributed by atoms with Crippen LogP contribution in [-0.2, 0) is 4.79 Å². The second kappa shape index (κ2) is 9.23. The van der Waals surface area contributed by atoms with Crippen molar-refractivity contribution in [2.45, 2.75) is 20.3 Å². The summed E-state index contributed by atoms with van der Waals surface area (Å²) in [5, 5.41) is 0. The van der Waals surface area contributed by atoms with Gasteiger partial charge in [-0.3, -0.25) is 9.69 Å². The Morgan fingerprint density at radius 2 is 1.90 bits per heavy atom. The Bertz CT molecular complexity index is 433. The topological polar surface area (TPSA) is 58.8 Å². The molecule has 0 aliphatic heterocycles. The van der Waals surface area contributed by atoms with E-state index in [1.807, 2.05) is 55.0 Å². The van der Waals surface area contributed by atoms with Gasteiger partial charge in [-0.2, -0.15) is 0 Å². The summed E-state index contributed by atoms with van der Waals surface area (Å²) < 4.78 is 5.63. The van der Waals surface area contributed by atoms with Gasteiger partial charge >= 0.3 is 0 Å². The fraction of sp³-hybridized carbons (Fsp3) is 0.562. The number of nitrogens with zero attached hydrogens (tertiary/aromatic N) is 2. The largest absolute Gasteiger partial charge is 0.491 e. The lowest BCUT2D eigenvalue weighted by Gasteiger charge is -2.23. The van der Waals surface area contributed by atoms with Crippen LogP contribution in [0.2, 0.25) is 0 Å². The van der Waals surface area contributed by atoms with Crippen LogP contribution in [0.4, 0.5) is 5.69 Å². The lowest BCUT2D eigenvalue weighted by Crippen LogP contribution is -2.39. The molecule has 0 aliphatic rings. The number of carbonyl (C=O) groups excluding carboxylic acids is 1. The van der Waals surface area contributed by atoms with Crippen molar-refractivity contribution in [1.82, 2.24) is 9.80 Å². The van der Waals surface area contributed by atoms with Crippen LogP contribution >= 0.6 is 0 Å². The van der Waals surface area contributed by atoms with Gasteiger partial charge in [0.05, 0.1) is 18.8 Å². The van der Waals surface area contributed by atoms with E-state index in [0.29, 0.717) is 18.8 Å². The molecule has 0 aliphatic carbocycles. The number of likely N-dealkylation sites (N-methyl/N-ethyl adjacent to an activating group) is 2. The normalized spacial score (nSPS) is 10.7. The first-order valence-electron chi connectivity index (χ1n) is 7.52. The van der Waals surface area contributed by atoms with Gasteiger partial charge in [-0.15, -0.1) is 0 Å². The van der Waals surface area contributed by atoms with Gasteiger partial charge in [0.25, 0.3) is 0 Å². The van der Waals surface area contributed by atoms with Gasteiger partial charge in [0.1, 0.15) is 5.75 Å². The second-order valence-corrected chi connectivity index (χ2v) is 5.04. The van der Waals surface area contributed by atoms with Crippen molar-refractivity contribution in [3.05, 3.63) is 24.3 Å². The molecule has 0 fully saturated rings. The number of hydrogen-bond acceptors (Lipinski definition) is 4. The average Bonchev–Trinajstić information content (AvgIpc) is 2.46. The minimum atomic E-state index is 0.177. The molecule has 0 unspecified atom stereocenters. The molecular weight excluding hydrogens is 266 g/mol. The molecule has 2 N–H and O–H groups in total. The number of nitrogen functional groups attached to an aromatic ring is 1. The number of para-hydroxylation sites is 2. The summed E-state index contributed by atoms with van der Waals surface area (Å²) in [6, 6.07) is 7.47. The highest BCUT2D eigenvalue weighted by Crippen LogP contribution is 2.19. The molecule has 1 rings (SSSR count). The highest BCUT2D eigenvalue weighted by atomic mass is 16.5. The highest BCUT2D eigenvalue weighted by molar-refractivity contribution is 5.78. The summed E-state index contributed by atoms with van der Waals surface area (Å²) in [5.74, 6) is 0.898. The third-order valence-corrected chi connectivity index (χ3v) is 3.38.